The average Bonchev–Trinajstić information content (AvgIpc) is 2.87. The molecule has 9 nitrogen and oxygen atoms in total. The highest BCUT2D eigenvalue weighted by molar-refractivity contribution is 5.68. The molecule has 0 radical (unpaired) electrons. The van der Waals surface area contributed by atoms with Crippen molar-refractivity contribution in [3.8, 4) is 11.5 Å². The molecule has 0 saturated heterocycles. The van der Waals surface area contributed by atoms with Crippen molar-refractivity contribution in [2.45, 2.75) is 13.5 Å². The normalized spacial score (nSPS) is 10.5. The largest absolute Gasteiger partial charge is 0.480 e. The first-order chi connectivity index (χ1) is 9.97. The molecule has 0 saturated carbocycles. The molecule has 2 aromatic rings. The van der Waals surface area contributed by atoms with Crippen LogP contribution in [0.15, 0.2) is 22.6 Å². The van der Waals surface area contributed by atoms with Gasteiger partial charge in [-0.3, -0.25) is 10.1 Å². The fourth-order valence-corrected chi connectivity index (χ4v) is 1.59. The van der Waals surface area contributed by atoms with E-state index in [1.54, 1.807) is 19.1 Å². The molecule has 1 N–H and O–H groups in total. The van der Waals surface area contributed by atoms with Gasteiger partial charge in [0.25, 0.3) is 5.69 Å². The van der Waals surface area contributed by atoms with Crippen molar-refractivity contribution in [3.05, 3.63) is 39.8 Å². The monoisotopic (exact) mass is 293 g/mol. The van der Waals surface area contributed by atoms with Crippen molar-refractivity contribution < 1.29 is 24.0 Å². The van der Waals surface area contributed by atoms with Crippen LogP contribution < -0.4 is 0 Å². The Labute approximate surface area is 118 Å². The lowest BCUT2D eigenvalue weighted by atomic mass is 10.1. The number of hydrogen-bond acceptors (Lipinski definition) is 7. The van der Waals surface area contributed by atoms with E-state index in [1.165, 1.54) is 6.07 Å². The van der Waals surface area contributed by atoms with Gasteiger partial charge in [0.1, 0.15) is 13.2 Å². The lowest BCUT2D eigenvalue weighted by Crippen LogP contribution is -2.06. The molecule has 0 fully saturated rings. The molecule has 0 unspecified atom stereocenters. The molecule has 0 aliphatic rings. The molecule has 0 aliphatic carbocycles. The van der Waals surface area contributed by atoms with Gasteiger partial charge in [0, 0.05) is 17.2 Å². The van der Waals surface area contributed by atoms with Crippen molar-refractivity contribution in [1.29, 1.82) is 0 Å². The quantitative estimate of drug-likeness (QED) is 0.627. The van der Waals surface area contributed by atoms with E-state index in [4.69, 9.17) is 14.3 Å². The zero-order chi connectivity index (χ0) is 15.4. The van der Waals surface area contributed by atoms with Crippen LogP contribution in [0.2, 0.25) is 0 Å². The molecular formula is C12H11N3O6. The fraction of sp³-hybridized carbons (Fsp3) is 0.250. The van der Waals surface area contributed by atoms with Crippen molar-refractivity contribution in [2.75, 3.05) is 6.61 Å². The predicted octanol–water partition coefficient (Wildman–Crippen LogP) is 1.55. The van der Waals surface area contributed by atoms with Crippen molar-refractivity contribution in [2.24, 2.45) is 0 Å². The number of aryl methyl sites for hydroxylation is 1. The highest BCUT2D eigenvalue weighted by Gasteiger charge is 2.15. The van der Waals surface area contributed by atoms with Crippen LogP contribution in [0, 0.1) is 17.0 Å². The summed E-state index contributed by atoms with van der Waals surface area (Å²) in [6.45, 7) is 1.00. The van der Waals surface area contributed by atoms with Crippen LogP contribution in [-0.2, 0) is 16.1 Å². The topological polar surface area (TPSA) is 129 Å². The molecule has 21 heavy (non-hydrogen) atoms. The van der Waals surface area contributed by atoms with Crippen LogP contribution in [0.25, 0.3) is 11.5 Å². The lowest BCUT2D eigenvalue weighted by molar-refractivity contribution is -0.385. The van der Waals surface area contributed by atoms with Gasteiger partial charge in [-0.25, -0.2) is 4.79 Å². The number of nitro benzene ring substituents is 1. The molecule has 110 valence electrons. The van der Waals surface area contributed by atoms with Gasteiger partial charge in [0.15, 0.2) is 0 Å². The highest BCUT2D eigenvalue weighted by atomic mass is 16.6. The second-order valence-electron chi connectivity index (χ2n) is 4.15. The molecule has 9 heteroatoms. The number of carboxylic acids is 1. The van der Waals surface area contributed by atoms with Crippen molar-refractivity contribution in [3.63, 3.8) is 0 Å². The minimum Gasteiger partial charge on any atom is -0.480 e. The number of nitrogens with zero attached hydrogens (tertiary/aromatic N) is 3. The van der Waals surface area contributed by atoms with Gasteiger partial charge in [-0.2, -0.15) is 0 Å². The number of nitro groups is 1. The Kier molecular flexibility index (Phi) is 4.24. The maximum Gasteiger partial charge on any atom is 0.329 e. The third-order valence-corrected chi connectivity index (χ3v) is 2.57. The number of ether oxygens (including phenoxy) is 1. The van der Waals surface area contributed by atoms with Crippen molar-refractivity contribution >= 4 is 11.7 Å². The number of rotatable bonds is 6. The molecule has 2 rings (SSSR count). The second kappa shape index (κ2) is 6.09. The Balaban J connectivity index is 2.16. The summed E-state index contributed by atoms with van der Waals surface area (Å²) in [5.41, 5.74) is 0.881. The molecule has 0 bridgehead atoms. The maximum absolute atomic E-state index is 10.9. The second-order valence-corrected chi connectivity index (χ2v) is 4.15. The standard InChI is InChI=1S/C12H11N3O6/c1-7-2-3-8(4-9(7)15(18)19)12-14-13-10(21-12)5-20-6-11(16)17/h2-4H,5-6H2,1H3,(H,16,17). The number of aromatic nitrogens is 2. The zero-order valence-corrected chi connectivity index (χ0v) is 11.0. The van der Waals surface area contributed by atoms with Gasteiger partial charge in [-0.15, -0.1) is 10.2 Å². The number of carbonyl (C=O) groups is 1. The smallest absolute Gasteiger partial charge is 0.329 e. The zero-order valence-electron chi connectivity index (χ0n) is 11.0. The van der Waals surface area contributed by atoms with Crippen LogP contribution in [0.1, 0.15) is 11.5 Å². The minimum atomic E-state index is -1.11. The Morgan fingerprint density at radius 1 is 1.48 bits per heavy atom. The minimum absolute atomic E-state index is 0.0469. The summed E-state index contributed by atoms with van der Waals surface area (Å²) in [6.07, 6.45) is 0. The molecule has 1 aromatic carbocycles. The molecule has 1 heterocycles. The van der Waals surface area contributed by atoms with Gasteiger partial charge in [0.05, 0.1) is 4.92 Å². The lowest BCUT2D eigenvalue weighted by Gasteiger charge is -1.99. The van der Waals surface area contributed by atoms with E-state index in [-0.39, 0.29) is 24.1 Å². The molecular weight excluding hydrogens is 282 g/mol. The summed E-state index contributed by atoms with van der Waals surface area (Å²) in [7, 11) is 0. The van der Waals surface area contributed by atoms with Gasteiger partial charge in [0.2, 0.25) is 11.8 Å². The summed E-state index contributed by atoms with van der Waals surface area (Å²) in [5, 5.41) is 26.7. The average molecular weight is 293 g/mol. The van der Waals surface area contributed by atoms with Crippen LogP contribution in [0.4, 0.5) is 5.69 Å². The Bertz CT molecular complexity index is 681. The first-order valence-electron chi connectivity index (χ1n) is 5.84. The third-order valence-electron chi connectivity index (χ3n) is 2.57. The van der Waals surface area contributed by atoms with Crippen LogP contribution >= 0.6 is 0 Å². The van der Waals surface area contributed by atoms with Crippen LogP contribution in [0.3, 0.4) is 0 Å². The summed E-state index contributed by atoms with van der Waals surface area (Å²) in [4.78, 5) is 20.7. The van der Waals surface area contributed by atoms with Crippen LogP contribution in [-0.4, -0.2) is 32.8 Å². The maximum atomic E-state index is 10.9. The van der Waals surface area contributed by atoms with Gasteiger partial charge in [-0.1, -0.05) is 6.07 Å². The Hall–Kier alpha value is -2.81. The Morgan fingerprint density at radius 2 is 2.24 bits per heavy atom. The van der Waals surface area contributed by atoms with E-state index in [9.17, 15) is 14.9 Å². The first-order valence-corrected chi connectivity index (χ1v) is 5.84. The van der Waals surface area contributed by atoms with Gasteiger partial charge < -0.3 is 14.3 Å². The molecule has 1 aromatic heterocycles. The fourth-order valence-electron chi connectivity index (χ4n) is 1.59. The number of benzene rings is 1. The van der Waals surface area contributed by atoms with Gasteiger partial charge >= 0.3 is 5.97 Å². The summed E-state index contributed by atoms with van der Waals surface area (Å²) in [5.74, 6) is -0.912. The molecule has 0 amide bonds. The molecule has 0 aliphatic heterocycles. The van der Waals surface area contributed by atoms with E-state index in [0.29, 0.717) is 11.1 Å². The first kappa shape index (κ1) is 14.6. The van der Waals surface area contributed by atoms with E-state index in [2.05, 4.69) is 10.2 Å². The van der Waals surface area contributed by atoms with Crippen LogP contribution in [0.5, 0.6) is 0 Å². The number of aliphatic carboxylic acids is 1. The SMILES string of the molecule is Cc1ccc(-c2nnc(COCC(=O)O)o2)cc1[N+](=O)[O-]. The summed E-state index contributed by atoms with van der Waals surface area (Å²) >= 11 is 0. The van der Waals surface area contributed by atoms with E-state index in [0.717, 1.165) is 0 Å². The summed E-state index contributed by atoms with van der Waals surface area (Å²) in [6, 6.07) is 4.54. The number of hydrogen-bond donors (Lipinski definition) is 1. The van der Waals surface area contributed by atoms with Gasteiger partial charge in [-0.05, 0) is 13.0 Å². The highest BCUT2D eigenvalue weighted by Crippen LogP contribution is 2.26. The number of carboxylic acid groups (broad SMARTS) is 1. The van der Waals surface area contributed by atoms with E-state index in [1.807, 2.05) is 0 Å². The van der Waals surface area contributed by atoms with Crippen molar-refractivity contribution in [1.82, 2.24) is 10.2 Å². The van der Waals surface area contributed by atoms with E-state index >= 15 is 0 Å². The predicted molar refractivity (Wildman–Crippen MR) is 68.4 cm³/mol. The molecule has 0 atom stereocenters. The third kappa shape index (κ3) is 3.60. The van der Waals surface area contributed by atoms with E-state index < -0.39 is 17.5 Å². The Morgan fingerprint density at radius 3 is 2.90 bits per heavy atom. The molecule has 0 spiro atoms. The summed E-state index contributed by atoms with van der Waals surface area (Å²) < 4.78 is 10.1.